The number of rotatable bonds is 4. The first-order valence-electron chi connectivity index (χ1n) is 6.80. The topological polar surface area (TPSA) is 58.2 Å². The van der Waals surface area contributed by atoms with Crippen LogP contribution in [0.3, 0.4) is 0 Å². The van der Waals surface area contributed by atoms with Gasteiger partial charge in [0.2, 0.25) is 10.0 Å². The molecular weight excluding hydrogens is 279 g/mol. The SMILES string of the molecule is CC1(C)CCCNC1CNS(=O)(=O)c1cccc(F)c1. The number of halogens is 1. The smallest absolute Gasteiger partial charge is 0.240 e. The molecule has 0 saturated carbocycles. The molecule has 6 heteroatoms. The molecule has 4 nitrogen and oxygen atoms in total. The van der Waals surface area contributed by atoms with Gasteiger partial charge in [-0.15, -0.1) is 0 Å². The summed E-state index contributed by atoms with van der Waals surface area (Å²) in [4.78, 5) is -0.0360. The van der Waals surface area contributed by atoms with Crippen molar-refractivity contribution in [3.05, 3.63) is 30.1 Å². The van der Waals surface area contributed by atoms with Crippen LogP contribution < -0.4 is 10.0 Å². The Hall–Kier alpha value is -0.980. The van der Waals surface area contributed by atoms with E-state index >= 15 is 0 Å². The summed E-state index contributed by atoms with van der Waals surface area (Å²) < 4.78 is 39.9. The Bertz CT molecular complexity index is 572. The highest BCUT2D eigenvalue weighted by molar-refractivity contribution is 7.89. The zero-order valence-corrected chi connectivity index (χ0v) is 12.6. The van der Waals surface area contributed by atoms with E-state index in [-0.39, 0.29) is 16.4 Å². The third-order valence-corrected chi connectivity index (χ3v) is 5.34. The summed E-state index contributed by atoms with van der Waals surface area (Å²) in [6, 6.07) is 5.13. The fraction of sp³-hybridized carbons (Fsp3) is 0.571. The molecule has 20 heavy (non-hydrogen) atoms. The second-order valence-corrected chi connectivity index (χ2v) is 7.68. The lowest BCUT2D eigenvalue weighted by molar-refractivity contribution is 0.181. The van der Waals surface area contributed by atoms with Crippen molar-refractivity contribution in [3.8, 4) is 0 Å². The zero-order valence-electron chi connectivity index (χ0n) is 11.8. The number of hydrogen-bond acceptors (Lipinski definition) is 3. The van der Waals surface area contributed by atoms with E-state index in [1.54, 1.807) is 0 Å². The molecule has 2 N–H and O–H groups in total. The van der Waals surface area contributed by atoms with Crippen molar-refractivity contribution in [2.45, 2.75) is 37.6 Å². The summed E-state index contributed by atoms with van der Waals surface area (Å²) in [6.07, 6.45) is 2.16. The first kappa shape index (κ1) is 15.4. The van der Waals surface area contributed by atoms with Gasteiger partial charge in [0, 0.05) is 12.6 Å². The van der Waals surface area contributed by atoms with Crippen LogP contribution in [0.25, 0.3) is 0 Å². The molecular formula is C14H21FN2O2S. The molecule has 0 aliphatic carbocycles. The Morgan fingerprint density at radius 2 is 2.20 bits per heavy atom. The van der Waals surface area contributed by atoms with Gasteiger partial charge >= 0.3 is 0 Å². The van der Waals surface area contributed by atoms with Crippen LogP contribution >= 0.6 is 0 Å². The standard InChI is InChI=1S/C14H21FN2O2S/c1-14(2)7-4-8-16-13(14)10-17-20(18,19)12-6-3-5-11(15)9-12/h3,5-6,9,13,16-17H,4,7-8,10H2,1-2H3. The molecule has 1 aliphatic rings. The minimum Gasteiger partial charge on any atom is -0.312 e. The van der Waals surface area contributed by atoms with Gasteiger partial charge in [-0.25, -0.2) is 17.5 Å². The lowest BCUT2D eigenvalue weighted by Gasteiger charge is -2.39. The fourth-order valence-electron chi connectivity index (χ4n) is 2.53. The first-order chi connectivity index (χ1) is 9.31. The third-order valence-electron chi connectivity index (χ3n) is 3.92. The third kappa shape index (κ3) is 3.56. The quantitative estimate of drug-likeness (QED) is 0.892. The van der Waals surface area contributed by atoms with Crippen LogP contribution in [0, 0.1) is 11.2 Å². The number of nitrogens with one attached hydrogen (secondary N) is 2. The Labute approximate surface area is 119 Å². The maximum absolute atomic E-state index is 13.1. The van der Waals surface area contributed by atoms with Crippen LogP contribution in [0.2, 0.25) is 0 Å². The van der Waals surface area contributed by atoms with E-state index in [2.05, 4.69) is 23.9 Å². The minimum atomic E-state index is -3.66. The molecule has 1 saturated heterocycles. The van der Waals surface area contributed by atoms with Crippen LogP contribution in [0.15, 0.2) is 29.2 Å². The summed E-state index contributed by atoms with van der Waals surface area (Å²) in [6.45, 7) is 5.46. The Morgan fingerprint density at radius 3 is 2.85 bits per heavy atom. The molecule has 0 aromatic heterocycles. The van der Waals surface area contributed by atoms with E-state index in [1.165, 1.54) is 18.2 Å². The molecule has 1 aromatic carbocycles. The van der Waals surface area contributed by atoms with Crippen molar-refractivity contribution in [2.75, 3.05) is 13.1 Å². The van der Waals surface area contributed by atoms with Crippen molar-refractivity contribution in [1.82, 2.24) is 10.0 Å². The predicted molar refractivity (Wildman–Crippen MR) is 76.4 cm³/mol. The largest absolute Gasteiger partial charge is 0.312 e. The maximum Gasteiger partial charge on any atom is 0.240 e. The van der Waals surface area contributed by atoms with Crippen molar-refractivity contribution < 1.29 is 12.8 Å². The number of benzene rings is 1. The lowest BCUT2D eigenvalue weighted by atomic mass is 9.78. The van der Waals surface area contributed by atoms with Crippen molar-refractivity contribution >= 4 is 10.0 Å². The molecule has 0 radical (unpaired) electrons. The highest BCUT2D eigenvalue weighted by atomic mass is 32.2. The van der Waals surface area contributed by atoms with Gasteiger partial charge in [0.1, 0.15) is 5.82 Å². The molecule has 1 aliphatic heterocycles. The van der Waals surface area contributed by atoms with E-state index in [9.17, 15) is 12.8 Å². The van der Waals surface area contributed by atoms with Gasteiger partial charge in [0.15, 0.2) is 0 Å². The van der Waals surface area contributed by atoms with Gasteiger partial charge < -0.3 is 5.32 Å². The second kappa shape index (κ2) is 5.79. The molecule has 112 valence electrons. The summed E-state index contributed by atoms with van der Waals surface area (Å²) in [5.74, 6) is -0.552. The molecule has 0 amide bonds. The maximum atomic E-state index is 13.1. The van der Waals surface area contributed by atoms with Gasteiger partial charge in [-0.1, -0.05) is 19.9 Å². The summed E-state index contributed by atoms with van der Waals surface area (Å²) in [7, 11) is -3.66. The summed E-state index contributed by atoms with van der Waals surface area (Å²) >= 11 is 0. The Morgan fingerprint density at radius 1 is 1.45 bits per heavy atom. The Kier molecular flexibility index (Phi) is 4.46. The molecule has 0 spiro atoms. The van der Waals surface area contributed by atoms with E-state index in [1.807, 2.05) is 0 Å². The van der Waals surface area contributed by atoms with Gasteiger partial charge in [0.25, 0.3) is 0 Å². The molecule has 2 rings (SSSR count). The molecule has 1 fully saturated rings. The lowest BCUT2D eigenvalue weighted by Crippen LogP contribution is -2.52. The molecule has 0 bridgehead atoms. The van der Waals surface area contributed by atoms with Crippen molar-refractivity contribution in [2.24, 2.45) is 5.41 Å². The van der Waals surface area contributed by atoms with Gasteiger partial charge in [-0.05, 0) is 43.0 Å². The normalized spacial score (nSPS) is 22.6. The summed E-state index contributed by atoms with van der Waals surface area (Å²) in [5.41, 5.74) is 0.0444. The van der Waals surface area contributed by atoms with Gasteiger partial charge in [0.05, 0.1) is 4.90 Å². The molecule has 1 heterocycles. The van der Waals surface area contributed by atoms with Crippen molar-refractivity contribution in [3.63, 3.8) is 0 Å². The second-order valence-electron chi connectivity index (χ2n) is 5.91. The summed E-state index contributed by atoms with van der Waals surface area (Å²) in [5, 5.41) is 3.34. The van der Waals surface area contributed by atoms with Crippen LogP contribution in [-0.4, -0.2) is 27.5 Å². The van der Waals surface area contributed by atoms with Crippen LogP contribution in [-0.2, 0) is 10.0 Å². The number of piperidine rings is 1. The zero-order chi connectivity index (χ0) is 14.8. The van der Waals surface area contributed by atoms with Crippen LogP contribution in [0.4, 0.5) is 4.39 Å². The van der Waals surface area contributed by atoms with E-state index in [0.717, 1.165) is 25.5 Å². The minimum absolute atomic E-state index is 0.0360. The van der Waals surface area contributed by atoms with E-state index < -0.39 is 15.8 Å². The predicted octanol–water partition coefficient (Wildman–Crippen LogP) is 1.88. The molecule has 1 unspecified atom stereocenters. The molecule has 1 atom stereocenters. The van der Waals surface area contributed by atoms with Crippen LogP contribution in [0.5, 0.6) is 0 Å². The van der Waals surface area contributed by atoms with E-state index in [0.29, 0.717) is 6.54 Å². The van der Waals surface area contributed by atoms with E-state index in [4.69, 9.17) is 0 Å². The number of sulfonamides is 1. The van der Waals surface area contributed by atoms with Crippen LogP contribution in [0.1, 0.15) is 26.7 Å². The molecule has 1 aromatic rings. The average Bonchev–Trinajstić information content (AvgIpc) is 2.37. The number of hydrogen-bond donors (Lipinski definition) is 2. The first-order valence-corrected chi connectivity index (χ1v) is 8.28. The van der Waals surface area contributed by atoms with Crippen molar-refractivity contribution in [1.29, 1.82) is 0 Å². The average molecular weight is 300 g/mol. The highest BCUT2D eigenvalue weighted by Gasteiger charge is 2.32. The Balaban J connectivity index is 2.06. The highest BCUT2D eigenvalue weighted by Crippen LogP contribution is 2.29. The monoisotopic (exact) mass is 300 g/mol. The van der Waals surface area contributed by atoms with Gasteiger partial charge in [-0.3, -0.25) is 0 Å². The van der Waals surface area contributed by atoms with Gasteiger partial charge in [-0.2, -0.15) is 0 Å². The fourth-order valence-corrected chi connectivity index (χ4v) is 3.61.